The molecule has 0 aliphatic heterocycles. The van der Waals surface area contributed by atoms with Gasteiger partial charge in [0, 0.05) is 26.2 Å². The standard InChI is InChI=1S/C22H14Cl3NO3S/c23-16-8-10-17(11-9-16)30(27,28)18(13-26)12-15-4-1-2-7-22(15)29-14-19-20(24)5-3-6-21(19)25/h1-12H,14H2/b18-12+. The zero-order valence-corrected chi connectivity index (χ0v) is 18.4. The Balaban J connectivity index is 1.95. The number of nitriles is 1. The van der Waals surface area contributed by atoms with Crippen LogP contribution in [0.15, 0.2) is 76.5 Å². The van der Waals surface area contributed by atoms with Crippen LogP contribution in [0.25, 0.3) is 6.08 Å². The largest absolute Gasteiger partial charge is 0.488 e. The Bertz CT molecular complexity index is 1230. The van der Waals surface area contributed by atoms with Gasteiger partial charge in [-0.25, -0.2) is 8.42 Å². The summed E-state index contributed by atoms with van der Waals surface area (Å²) in [5, 5.41) is 10.8. The molecule has 152 valence electrons. The maximum Gasteiger partial charge on any atom is 0.216 e. The molecule has 0 aromatic heterocycles. The molecule has 0 heterocycles. The first-order chi connectivity index (χ1) is 14.3. The van der Waals surface area contributed by atoms with E-state index in [1.54, 1.807) is 48.5 Å². The summed E-state index contributed by atoms with van der Waals surface area (Å²) in [6.45, 7) is 0.0786. The van der Waals surface area contributed by atoms with E-state index >= 15 is 0 Å². The van der Waals surface area contributed by atoms with E-state index in [1.807, 2.05) is 0 Å². The molecule has 3 aromatic carbocycles. The number of para-hydroxylation sites is 1. The van der Waals surface area contributed by atoms with Crippen molar-refractivity contribution in [1.82, 2.24) is 0 Å². The van der Waals surface area contributed by atoms with Crippen molar-refractivity contribution in [2.24, 2.45) is 0 Å². The number of halogens is 3. The van der Waals surface area contributed by atoms with Crippen molar-refractivity contribution in [3.8, 4) is 11.8 Å². The summed E-state index contributed by atoms with van der Waals surface area (Å²) in [5.74, 6) is 0.382. The molecular formula is C22H14Cl3NO3S. The van der Waals surface area contributed by atoms with E-state index < -0.39 is 14.7 Å². The van der Waals surface area contributed by atoms with Crippen molar-refractivity contribution in [2.75, 3.05) is 0 Å². The van der Waals surface area contributed by atoms with Gasteiger partial charge < -0.3 is 4.74 Å². The van der Waals surface area contributed by atoms with E-state index in [2.05, 4.69) is 0 Å². The fourth-order valence-electron chi connectivity index (χ4n) is 2.60. The predicted octanol–water partition coefficient (Wildman–Crippen LogP) is 6.56. The summed E-state index contributed by atoms with van der Waals surface area (Å²) in [7, 11) is -4.02. The summed E-state index contributed by atoms with van der Waals surface area (Å²) in [6, 6.07) is 19.3. The number of sulfone groups is 1. The SMILES string of the molecule is N#C/C(=C\c1ccccc1OCc1c(Cl)cccc1Cl)S(=O)(=O)c1ccc(Cl)cc1. The highest BCUT2D eigenvalue weighted by Gasteiger charge is 2.21. The van der Waals surface area contributed by atoms with Crippen LogP contribution in [0.2, 0.25) is 15.1 Å². The molecule has 3 rings (SSSR count). The van der Waals surface area contributed by atoms with E-state index in [9.17, 15) is 13.7 Å². The van der Waals surface area contributed by atoms with Crippen LogP contribution in [-0.4, -0.2) is 8.42 Å². The lowest BCUT2D eigenvalue weighted by molar-refractivity contribution is 0.306. The molecule has 0 aliphatic carbocycles. The second-order valence-electron chi connectivity index (χ2n) is 6.10. The summed E-state index contributed by atoms with van der Waals surface area (Å²) < 4.78 is 31.5. The number of rotatable bonds is 6. The van der Waals surface area contributed by atoms with Crippen molar-refractivity contribution in [3.05, 3.63) is 97.8 Å². The van der Waals surface area contributed by atoms with E-state index in [1.165, 1.54) is 30.3 Å². The van der Waals surface area contributed by atoms with Crippen LogP contribution < -0.4 is 4.74 Å². The van der Waals surface area contributed by atoms with Crippen LogP contribution in [-0.2, 0) is 16.4 Å². The molecule has 0 spiro atoms. The second kappa shape index (κ2) is 9.55. The van der Waals surface area contributed by atoms with E-state index in [-0.39, 0.29) is 11.5 Å². The Kier molecular flexibility index (Phi) is 7.06. The molecule has 0 aliphatic rings. The quantitative estimate of drug-likeness (QED) is 0.376. The zero-order chi connectivity index (χ0) is 21.7. The molecule has 0 radical (unpaired) electrons. The number of ether oxygens (including phenoxy) is 1. The van der Waals surface area contributed by atoms with Crippen molar-refractivity contribution < 1.29 is 13.2 Å². The Labute approximate surface area is 189 Å². The molecule has 0 atom stereocenters. The van der Waals surface area contributed by atoms with Gasteiger partial charge in [0.05, 0.1) is 4.90 Å². The van der Waals surface area contributed by atoms with Gasteiger partial charge in [-0.1, -0.05) is 59.1 Å². The lowest BCUT2D eigenvalue weighted by Gasteiger charge is -2.12. The van der Waals surface area contributed by atoms with Crippen LogP contribution in [0.3, 0.4) is 0 Å². The first-order valence-electron chi connectivity index (χ1n) is 8.60. The molecule has 0 saturated heterocycles. The maximum atomic E-state index is 12.8. The molecule has 0 saturated carbocycles. The average Bonchev–Trinajstić information content (AvgIpc) is 2.72. The minimum absolute atomic E-state index is 0.0269. The summed E-state index contributed by atoms with van der Waals surface area (Å²) in [4.78, 5) is -0.447. The van der Waals surface area contributed by atoms with Crippen LogP contribution in [0, 0.1) is 11.3 Å². The van der Waals surface area contributed by atoms with E-state index in [0.717, 1.165) is 0 Å². The average molecular weight is 479 g/mol. The molecule has 30 heavy (non-hydrogen) atoms. The molecule has 0 bridgehead atoms. The molecular weight excluding hydrogens is 465 g/mol. The highest BCUT2D eigenvalue weighted by molar-refractivity contribution is 7.95. The van der Waals surface area contributed by atoms with Gasteiger partial charge >= 0.3 is 0 Å². The topological polar surface area (TPSA) is 67.2 Å². The lowest BCUT2D eigenvalue weighted by atomic mass is 10.2. The molecule has 8 heteroatoms. The van der Waals surface area contributed by atoms with Gasteiger partial charge in [0.25, 0.3) is 0 Å². The first kappa shape index (κ1) is 22.2. The highest BCUT2D eigenvalue weighted by Crippen LogP contribution is 2.29. The second-order valence-corrected chi connectivity index (χ2v) is 9.27. The monoisotopic (exact) mass is 477 g/mol. The summed E-state index contributed by atoms with van der Waals surface area (Å²) in [6.07, 6.45) is 1.27. The summed E-state index contributed by atoms with van der Waals surface area (Å²) >= 11 is 18.2. The number of hydrogen-bond acceptors (Lipinski definition) is 4. The smallest absolute Gasteiger partial charge is 0.216 e. The fraction of sp³-hybridized carbons (Fsp3) is 0.0455. The molecule has 0 unspecified atom stereocenters. The molecule has 4 nitrogen and oxygen atoms in total. The maximum absolute atomic E-state index is 12.8. The predicted molar refractivity (Wildman–Crippen MR) is 119 cm³/mol. The van der Waals surface area contributed by atoms with Crippen LogP contribution in [0.1, 0.15) is 11.1 Å². The Morgan fingerprint density at radius 1 is 0.933 bits per heavy atom. The molecule has 0 amide bonds. The van der Waals surface area contributed by atoms with E-state index in [0.29, 0.717) is 31.9 Å². The third-order valence-electron chi connectivity index (χ3n) is 4.16. The molecule has 3 aromatic rings. The van der Waals surface area contributed by atoms with Crippen LogP contribution in [0.4, 0.5) is 0 Å². The van der Waals surface area contributed by atoms with Crippen molar-refractivity contribution in [2.45, 2.75) is 11.5 Å². The normalized spacial score (nSPS) is 11.7. The lowest BCUT2D eigenvalue weighted by Crippen LogP contribution is -2.04. The van der Waals surface area contributed by atoms with Crippen LogP contribution in [0.5, 0.6) is 5.75 Å². The van der Waals surface area contributed by atoms with Gasteiger partial charge in [-0.05, 0) is 48.5 Å². The van der Waals surface area contributed by atoms with Gasteiger partial charge in [-0.15, -0.1) is 0 Å². The Hall–Kier alpha value is -2.49. The van der Waals surface area contributed by atoms with Gasteiger partial charge in [-0.2, -0.15) is 5.26 Å². The number of hydrogen-bond donors (Lipinski definition) is 0. The first-order valence-corrected chi connectivity index (χ1v) is 11.2. The fourth-order valence-corrected chi connectivity index (χ4v) is 4.39. The number of nitrogens with zero attached hydrogens (tertiary/aromatic N) is 1. The molecule has 0 fully saturated rings. The van der Waals surface area contributed by atoms with Gasteiger partial charge in [0.1, 0.15) is 23.3 Å². The molecule has 0 N–H and O–H groups in total. The Morgan fingerprint density at radius 2 is 1.57 bits per heavy atom. The van der Waals surface area contributed by atoms with Gasteiger partial charge in [0.2, 0.25) is 9.84 Å². The minimum atomic E-state index is -4.02. The number of benzene rings is 3. The third-order valence-corrected chi connectivity index (χ3v) is 6.80. The minimum Gasteiger partial charge on any atom is -0.488 e. The van der Waals surface area contributed by atoms with E-state index in [4.69, 9.17) is 39.5 Å². The third kappa shape index (κ3) is 4.97. The van der Waals surface area contributed by atoms with Crippen molar-refractivity contribution in [3.63, 3.8) is 0 Å². The number of allylic oxidation sites excluding steroid dienone is 1. The van der Waals surface area contributed by atoms with Gasteiger partial charge in [-0.3, -0.25) is 0 Å². The highest BCUT2D eigenvalue weighted by atomic mass is 35.5. The van der Waals surface area contributed by atoms with Crippen molar-refractivity contribution in [1.29, 1.82) is 5.26 Å². The van der Waals surface area contributed by atoms with Gasteiger partial charge in [0.15, 0.2) is 0 Å². The zero-order valence-electron chi connectivity index (χ0n) is 15.3. The Morgan fingerprint density at radius 3 is 2.20 bits per heavy atom. The summed E-state index contributed by atoms with van der Waals surface area (Å²) in [5.41, 5.74) is 1.03. The van der Waals surface area contributed by atoms with Crippen LogP contribution >= 0.6 is 34.8 Å². The van der Waals surface area contributed by atoms with Crippen molar-refractivity contribution >= 4 is 50.7 Å².